The third kappa shape index (κ3) is 6.08. The topological polar surface area (TPSA) is 78.3 Å². The van der Waals surface area contributed by atoms with Crippen molar-refractivity contribution in [3.05, 3.63) is 88.7 Å². The first-order valence-electron chi connectivity index (χ1n) is 10.6. The molecule has 3 aromatic carbocycles. The van der Waals surface area contributed by atoms with Gasteiger partial charge in [-0.3, -0.25) is 9.36 Å². The van der Waals surface area contributed by atoms with Crippen LogP contribution in [0.2, 0.25) is 10.0 Å². The molecule has 10 heteroatoms. The Morgan fingerprint density at radius 2 is 1.74 bits per heavy atom. The molecule has 35 heavy (non-hydrogen) atoms. The summed E-state index contributed by atoms with van der Waals surface area (Å²) >= 11 is 13.4. The Balaban J connectivity index is 1.55. The van der Waals surface area contributed by atoms with Crippen molar-refractivity contribution in [1.82, 2.24) is 14.8 Å². The Kier molecular flexibility index (Phi) is 8.17. The molecule has 1 N–H and O–H groups in total. The number of methoxy groups -OCH3 is 1. The molecule has 0 bridgehead atoms. The number of aromatic nitrogens is 3. The Morgan fingerprint density at radius 3 is 2.46 bits per heavy atom. The van der Waals surface area contributed by atoms with Crippen LogP contribution in [0.3, 0.4) is 0 Å². The van der Waals surface area contributed by atoms with Gasteiger partial charge < -0.3 is 14.8 Å². The molecule has 7 nitrogen and oxygen atoms in total. The number of ether oxygens (including phenoxy) is 2. The number of nitrogens with one attached hydrogen (secondary N) is 1. The van der Waals surface area contributed by atoms with Gasteiger partial charge in [0.05, 0.1) is 23.6 Å². The molecule has 0 radical (unpaired) electrons. The van der Waals surface area contributed by atoms with E-state index in [1.54, 1.807) is 25.3 Å². The fourth-order valence-corrected chi connectivity index (χ4v) is 4.54. The van der Waals surface area contributed by atoms with E-state index in [0.717, 1.165) is 5.69 Å². The average molecular weight is 529 g/mol. The number of amides is 1. The first kappa shape index (κ1) is 24.9. The number of hydrogen-bond donors (Lipinski definition) is 1. The molecule has 4 rings (SSSR count). The van der Waals surface area contributed by atoms with Crippen LogP contribution in [0.15, 0.2) is 78.0 Å². The van der Waals surface area contributed by atoms with Gasteiger partial charge in [-0.05, 0) is 49.4 Å². The number of para-hydroxylation sites is 3. The number of rotatable bonds is 9. The van der Waals surface area contributed by atoms with Gasteiger partial charge in [-0.25, -0.2) is 0 Å². The first-order chi connectivity index (χ1) is 17.0. The van der Waals surface area contributed by atoms with Gasteiger partial charge in [0.15, 0.2) is 28.6 Å². The first-order valence-corrected chi connectivity index (χ1v) is 12.4. The molecule has 1 atom stereocenters. The summed E-state index contributed by atoms with van der Waals surface area (Å²) in [5.41, 5.74) is 1.34. The second-order valence-corrected chi connectivity index (χ2v) is 9.17. The Labute approximate surface area is 217 Å². The number of nitrogens with zero attached hydrogens (tertiary/aromatic N) is 3. The van der Waals surface area contributed by atoms with Crippen LogP contribution in [-0.4, -0.2) is 33.5 Å². The largest absolute Gasteiger partial charge is 0.493 e. The van der Waals surface area contributed by atoms with Crippen LogP contribution < -0.4 is 14.8 Å². The van der Waals surface area contributed by atoms with Crippen molar-refractivity contribution in [3.63, 3.8) is 0 Å². The van der Waals surface area contributed by atoms with Gasteiger partial charge in [-0.2, -0.15) is 0 Å². The summed E-state index contributed by atoms with van der Waals surface area (Å²) in [6.45, 7) is 1.89. The second kappa shape index (κ2) is 11.5. The predicted molar refractivity (Wildman–Crippen MR) is 139 cm³/mol. The maximum absolute atomic E-state index is 12.6. The smallest absolute Gasteiger partial charge is 0.234 e. The Bertz CT molecular complexity index is 1320. The quantitative estimate of drug-likeness (QED) is 0.251. The molecule has 0 aliphatic carbocycles. The van der Waals surface area contributed by atoms with Crippen LogP contribution in [-0.2, 0) is 4.79 Å². The fraction of sp³-hybridized carbons (Fsp3) is 0.160. The molecule has 0 aliphatic heterocycles. The minimum absolute atomic E-state index is 0.103. The average Bonchev–Trinajstić information content (AvgIpc) is 3.29. The zero-order valence-electron chi connectivity index (χ0n) is 18.9. The van der Waals surface area contributed by atoms with E-state index in [9.17, 15) is 4.79 Å². The number of carbonyl (C=O) groups is 1. The van der Waals surface area contributed by atoms with E-state index < -0.39 is 6.10 Å². The van der Waals surface area contributed by atoms with E-state index in [2.05, 4.69) is 15.5 Å². The standard InChI is InChI=1S/C25H22Cl2N4O3S/c1-16(34-22-11-7-6-10-21(22)33-2)24-29-30-25(31(24)18-8-4-3-5-9-18)35-15-23(32)28-20-13-12-17(26)14-19(20)27/h3-14,16H,15H2,1-2H3,(H,28,32). The van der Waals surface area contributed by atoms with Crippen molar-refractivity contribution in [1.29, 1.82) is 0 Å². The number of thioether (sulfide) groups is 1. The highest BCUT2D eigenvalue weighted by molar-refractivity contribution is 7.99. The maximum atomic E-state index is 12.6. The van der Waals surface area contributed by atoms with Gasteiger partial charge in [0.1, 0.15) is 0 Å². The summed E-state index contributed by atoms with van der Waals surface area (Å²) in [7, 11) is 1.59. The summed E-state index contributed by atoms with van der Waals surface area (Å²) in [6, 6.07) is 22.0. The van der Waals surface area contributed by atoms with Gasteiger partial charge in [-0.1, -0.05) is 65.3 Å². The lowest BCUT2D eigenvalue weighted by atomic mass is 10.3. The molecule has 0 saturated heterocycles. The molecule has 180 valence electrons. The molecular formula is C25H22Cl2N4O3S. The van der Waals surface area contributed by atoms with E-state index in [0.29, 0.717) is 38.2 Å². The van der Waals surface area contributed by atoms with Gasteiger partial charge in [-0.15, -0.1) is 10.2 Å². The van der Waals surface area contributed by atoms with E-state index in [-0.39, 0.29) is 11.7 Å². The highest BCUT2D eigenvalue weighted by atomic mass is 35.5. The molecular weight excluding hydrogens is 507 g/mol. The molecule has 0 fully saturated rings. The molecule has 4 aromatic rings. The summed E-state index contributed by atoms with van der Waals surface area (Å²) < 4.78 is 13.4. The molecule has 1 amide bonds. The van der Waals surface area contributed by atoms with Gasteiger partial charge >= 0.3 is 0 Å². The lowest BCUT2D eigenvalue weighted by molar-refractivity contribution is -0.113. The third-order valence-electron chi connectivity index (χ3n) is 4.95. The van der Waals surface area contributed by atoms with Gasteiger partial charge in [0.2, 0.25) is 5.91 Å². The van der Waals surface area contributed by atoms with Crippen molar-refractivity contribution in [2.75, 3.05) is 18.2 Å². The zero-order valence-corrected chi connectivity index (χ0v) is 21.3. The van der Waals surface area contributed by atoms with Crippen LogP contribution in [0.4, 0.5) is 5.69 Å². The fourth-order valence-electron chi connectivity index (χ4n) is 3.32. The number of carbonyl (C=O) groups excluding carboxylic acids is 1. The zero-order chi connectivity index (χ0) is 24.8. The van der Waals surface area contributed by atoms with Crippen molar-refractivity contribution >= 4 is 46.6 Å². The van der Waals surface area contributed by atoms with Crippen molar-refractivity contribution in [2.45, 2.75) is 18.2 Å². The SMILES string of the molecule is COc1ccccc1OC(C)c1nnc(SCC(=O)Nc2ccc(Cl)cc2Cl)n1-c1ccccc1. The molecule has 0 spiro atoms. The van der Waals surface area contributed by atoms with Crippen molar-refractivity contribution in [3.8, 4) is 17.2 Å². The van der Waals surface area contributed by atoms with Gasteiger partial charge in [0.25, 0.3) is 0 Å². The van der Waals surface area contributed by atoms with E-state index in [4.69, 9.17) is 32.7 Å². The van der Waals surface area contributed by atoms with Crippen LogP contribution in [0.1, 0.15) is 18.9 Å². The number of halogens is 2. The number of anilines is 1. The van der Waals surface area contributed by atoms with Crippen molar-refractivity contribution in [2.24, 2.45) is 0 Å². The maximum Gasteiger partial charge on any atom is 0.234 e. The number of hydrogen-bond acceptors (Lipinski definition) is 6. The third-order valence-corrected chi connectivity index (χ3v) is 6.42. The minimum Gasteiger partial charge on any atom is -0.493 e. The Hall–Kier alpha value is -3.20. The summed E-state index contributed by atoms with van der Waals surface area (Å²) in [5.74, 6) is 1.68. The molecule has 1 heterocycles. The van der Waals surface area contributed by atoms with E-state index in [1.807, 2.05) is 66.1 Å². The monoisotopic (exact) mass is 528 g/mol. The highest BCUT2D eigenvalue weighted by Crippen LogP contribution is 2.32. The second-order valence-electron chi connectivity index (χ2n) is 7.38. The number of benzene rings is 3. The molecule has 1 unspecified atom stereocenters. The van der Waals surface area contributed by atoms with Gasteiger partial charge in [0, 0.05) is 10.7 Å². The summed E-state index contributed by atoms with van der Waals surface area (Å²) in [4.78, 5) is 12.6. The van der Waals surface area contributed by atoms with Crippen LogP contribution >= 0.6 is 35.0 Å². The lowest BCUT2D eigenvalue weighted by Crippen LogP contribution is -2.15. The molecule has 1 aromatic heterocycles. The Morgan fingerprint density at radius 1 is 1.03 bits per heavy atom. The van der Waals surface area contributed by atoms with Crippen molar-refractivity contribution < 1.29 is 14.3 Å². The normalized spacial score (nSPS) is 11.7. The lowest BCUT2D eigenvalue weighted by Gasteiger charge is -2.18. The van der Waals surface area contributed by atoms with E-state index >= 15 is 0 Å². The van der Waals surface area contributed by atoms with E-state index in [1.165, 1.54) is 11.8 Å². The molecule has 0 saturated carbocycles. The van der Waals surface area contributed by atoms with Crippen LogP contribution in [0.5, 0.6) is 11.5 Å². The molecule has 0 aliphatic rings. The summed E-state index contributed by atoms with van der Waals surface area (Å²) in [6.07, 6.45) is -0.449. The van der Waals surface area contributed by atoms with Crippen LogP contribution in [0, 0.1) is 0 Å². The van der Waals surface area contributed by atoms with Crippen LogP contribution in [0.25, 0.3) is 5.69 Å². The minimum atomic E-state index is -0.449. The predicted octanol–water partition coefficient (Wildman–Crippen LogP) is 6.45. The highest BCUT2D eigenvalue weighted by Gasteiger charge is 2.22. The summed E-state index contributed by atoms with van der Waals surface area (Å²) in [5, 5.41) is 12.9.